The Balaban J connectivity index is 1.45. The van der Waals surface area contributed by atoms with Crippen molar-refractivity contribution in [1.82, 2.24) is 24.0 Å². The molecule has 0 atom stereocenters. The van der Waals surface area contributed by atoms with Crippen molar-refractivity contribution in [2.45, 2.75) is 26.6 Å². The third-order valence-electron chi connectivity index (χ3n) is 4.77. The number of nitrogens with one attached hydrogen (secondary N) is 1. The van der Waals surface area contributed by atoms with Crippen LogP contribution < -0.4 is 11.0 Å². The molecule has 4 aromatic rings. The van der Waals surface area contributed by atoms with Gasteiger partial charge in [0.05, 0.1) is 17.4 Å². The lowest BCUT2D eigenvalue weighted by Gasteiger charge is -2.08. The lowest BCUT2D eigenvalue weighted by atomic mass is 10.2. The number of aryl methyl sites for hydroxylation is 1. The van der Waals surface area contributed by atoms with Crippen molar-refractivity contribution >= 4 is 16.9 Å². The highest BCUT2D eigenvalue weighted by atomic mass is 16.2. The van der Waals surface area contributed by atoms with Crippen molar-refractivity contribution in [3.63, 3.8) is 0 Å². The number of nitrogens with zero attached hydrogens (tertiary/aromatic N) is 4. The van der Waals surface area contributed by atoms with Crippen LogP contribution in [0.5, 0.6) is 0 Å². The zero-order chi connectivity index (χ0) is 19.5. The second kappa shape index (κ2) is 7.56. The molecule has 0 bridgehead atoms. The highest BCUT2D eigenvalue weighted by Gasteiger charge is 2.14. The Hall–Kier alpha value is -3.61. The Morgan fingerprint density at radius 2 is 1.75 bits per heavy atom. The van der Waals surface area contributed by atoms with Gasteiger partial charge in [0.25, 0.3) is 0 Å². The zero-order valence-corrected chi connectivity index (χ0v) is 15.6. The second-order valence-corrected chi connectivity index (χ2v) is 6.51. The van der Waals surface area contributed by atoms with Gasteiger partial charge < -0.3 is 9.88 Å². The van der Waals surface area contributed by atoms with Gasteiger partial charge in [0.1, 0.15) is 6.54 Å². The summed E-state index contributed by atoms with van der Waals surface area (Å²) in [6, 6.07) is 15.4. The molecule has 0 aliphatic heterocycles. The number of amides is 1. The van der Waals surface area contributed by atoms with Gasteiger partial charge in [0.15, 0.2) is 0 Å². The predicted molar refractivity (Wildman–Crippen MR) is 107 cm³/mol. The van der Waals surface area contributed by atoms with E-state index in [1.807, 2.05) is 66.2 Å². The van der Waals surface area contributed by atoms with E-state index in [-0.39, 0.29) is 18.1 Å². The topological polar surface area (TPSA) is 73.8 Å². The normalized spacial score (nSPS) is 11.0. The van der Waals surface area contributed by atoms with Crippen LogP contribution >= 0.6 is 0 Å². The van der Waals surface area contributed by atoms with Gasteiger partial charge in [0.2, 0.25) is 5.91 Å². The Morgan fingerprint density at radius 3 is 2.39 bits per heavy atom. The molecule has 7 heteroatoms. The summed E-state index contributed by atoms with van der Waals surface area (Å²) in [5.74, 6) is -0.195. The number of hydrogen-bond acceptors (Lipinski definition) is 3. The minimum absolute atomic E-state index is 0.000529. The molecule has 0 fully saturated rings. The van der Waals surface area contributed by atoms with E-state index in [9.17, 15) is 9.59 Å². The van der Waals surface area contributed by atoms with Crippen molar-refractivity contribution in [3.05, 3.63) is 83.3 Å². The fourth-order valence-corrected chi connectivity index (χ4v) is 3.33. The predicted octanol–water partition coefficient (Wildman–Crippen LogP) is 2.32. The van der Waals surface area contributed by atoms with Gasteiger partial charge in [0, 0.05) is 31.2 Å². The molecule has 0 unspecified atom stereocenters. The van der Waals surface area contributed by atoms with Crippen LogP contribution in [0.3, 0.4) is 0 Å². The highest BCUT2D eigenvalue weighted by Crippen LogP contribution is 2.13. The molecule has 0 saturated carbocycles. The molecule has 7 nitrogen and oxygen atoms in total. The number of aromatic nitrogens is 4. The van der Waals surface area contributed by atoms with E-state index in [1.54, 1.807) is 17.1 Å². The number of benzene rings is 2. The van der Waals surface area contributed by atoms with Crippen LogP contribution in [-0.4, -0.2) is 24.6 Å². The van der Waals surface area contributed by atoms with Crippen molar-refractivity contribution in [2.24, 2.45) is 0 Å². The monoisotopic (exact) mass is 375 g/mol. The summed E-state index contributed by atoms with van der Waals surface area (Å²) in [5.41, 5.74) is 3.45. The Morgan fingerprint density at radius 1 is 1.04 bits per heavy atom. The molecule has 1 amide bonds. The van der Waals surface area contributed by atoms with Crippen LogP contribution in [-0.2, 0) is 24.4 Å². The molecule has 0 aliphatic rings. The first-order valence-corrected chi connectivity index (χ1v) is 9.19. The molecular weight excluding hydrogens is 354 g/mol. The maximum absolute atomic E-state index is 12.6. The van der Waals surface area contributed by atoms with Crippen molar-refractivity contribution in [1.29, 1.82) is 0 Å². The van der Waals surface area contributed by atoms with Gasteiger partial charge in [-0.05, 0) is 36.8 Å². The first-order valence-electron chi connectivity index (χ1n) is 9.19. The average Bonchev–Trinajstić information content (AvgIpc) is 3.34. The summed E-state index contributed by atoms with van der Waals surface area (Å²) >= 11 is 0. The van der Waals surface area contributed by atoms with Crippen molar-refractivity contribution < 1.29 is 4.79 Å². The molecule has 142 valence electrons. The number of fused-ring (bicyclic) bond motifs is 1. The van der Waals surface area contributed by atoms with Crippen molar-refractivity contribution in [3.8, 4) is 5.69 Å². The zero-order valence-electron chi connectivity index (χ0n) is 15.6. The summed E-state index contributed by atoms with van der Waals surface area (Å²) in [6.07, 6.45) is 5.34. The summed E-state index contributed by atoms with van der Waals surface area (Å²) < 4.78 is 5.12. The molecule has 28 heavy (non-hydrogen) atoms. The van der Waals surface area contributed by atoms with E-state index in [0.717, 1.165) is 22.3 Å². The fourth-order valence-electron chi connectivity index (χ4n) is 3.33. The Bertz CT molecular complexity index is 1150. The van der Waals surface area contributed by atoms with E-state index in [2.05, 4.69) is 10.3 Å². The van der Waals surface area contributed by atoms with E-state index in [1.165, 1.54) is 4.57 Å². The van der Waals surface area contributed by atoms with E-state index < -0.39 is 0 Å². The fraction of sp³-hybridized carbons (Fsp3) is 0.190. The molecule has 0 aliphatic carbocycles. The number of carbonyl (C=O) groups excluding carboxylic acids is 1. The Labute approximate surface area is 161 Å². The number of para-hydroxylation sites is 2. The van der Waals surface area contributed by atoms with Gasteiger partial charge in [-0.3, -0.25) is 13.9 Å². The van der Waals surface area contributed by atoms with Gasteiger partial charge in [-0.15, -0.1) is 0 Å². The van der Waals surface area contributed by atoms with Crippen LogP contribution in [0.1, 0.15) is 12.5 Å². The number of carbonyl (C=O) groups is 1. The standard InChI is InChI=1S/C21H21N5O2/c1-2-25-18-5-3-4-6-19(18)26(21(25)28)14-20(27)23-13-16-7-9-17(10-8-16)24-12-11-22-15-24/h3-12,15H,2,13-14H2,1H3,(H,23,27). The minimum atomic E-state index is -0.195. The summed E-state index contributed by atoms with van der Waals surface area (Å²) in [5, 5.41) is 2.89. The first-order chi connectivity index (χ1) is 13.7. The molecule has 4 rings (SSSR count). The number of hydrogen-bond donors (Lipinski definition) is 1. The van der Waals surface area contributed by atoms with Crippen LogP contribution in [0.15, 0.2) is 72.0 Å². The molecule has 1 N–H and O–H groups in total. The minimum Gasteiger partial charge on any atom is -0.350 e. The Kier molecular flexibility index (Phi) is 4.80. The lowest BCUT2D eigenvalue weighted by Crippen LogP contribution is -2.32. The summed E-state index contributed by atoms with van der Waals surface area (Å²) in [4.78, 5) is 29.1. The van der Waals surface area contributed by atoms with Crippen LogP contribution in [0.25, 0.3) is 16.7 Å². The van der Waals surface area contributed by atoms with E-state index >= 15 is 0 Å². The molecule has 2 aromatic heterocycles. The smallest absolute Gasteiger partial charge is 0.329 e. The maximum Gasteiger partial charge on any atom is 0.329 e. The molecule has 0 saturated heterocycles. The molecule has 2 aromatic carbocycles. The van der Waals surface area contributed by atoms with Crippen LogP contribution in [0, 0.1) is 0 Å². The molecule has 0 radical (unpaired) electrons. The van der Waals surface area contributed by atoms with E-state index in [0.29, 0.717) is 13.1 Å². The third kappa shape index (κ3) is 3.34. The highest BCUT2D eigenvalue weighted by molar-refractivity contribution is 5.80. The SMILES string of the molecule is CCn1c(=O)n(CC(=O)NCc2ccc(-n3ccnc3)cc2)c2ccccc21. The quantitative estimate of drug-likeness (QED) is 0.562. The first kappa shape index (κ1) is 17.8. The maximum atomic E-state index is 12.6. The van der Waals surface area contributed by atoms with Gasteiger partial charge in [-0.1, -0.05) is 24.3 Å². The largest absolute Gasteiger partial charge is 0.350 e. The molecule has 2 heterocycles. The third-order valence-corrected chi connectivity index (χ3v) is 4.77. The van der Waals surface area contributed by atoms with Gasteiger partial charge >= 0.3 is 5.69 Å². The second-order valence-electron chi connectivity index (χ2n) is 6.51. The lowest BCUT2D eigenvalue weighted by molar-refractivity contribution is -0.121. The molecule has 0 spiro atoms. The number of rotatable bonds is 6. The molecular formula is C21H21N5O2. The van der Waals surface area contributed by atoms with Gasteiger partial charge in [-0.2, -0.15) is 0 Å². The summed E-state index contributed by atoms with van der Waals surface area (Å²) in [7, 11) is 0. The van der Waals surface area contributed by atoms with Crippen molar-refractivity contribution in [2.75, 3.05) is 0 Å². The van der Waals surface area contributed by atoms with Crippen LogP contribution in [0.2, 0.25) is 0 Å². The van der Waals surface area contributed by atoms with E-state index in [4.69, 9.17) is 0 Å². The summed E-state index contributed by atoms with van der Waals surface area (Å²) in [6.45, 7) is 2.90. The average molecular weight is 375 g/mol. The number of imidazole rings is 2. The van der Waals surface area contributed by atoms with Gasteiger partial charge in [-0.25, -0.2) is 9.78 Å². The van der Waals surface area contributed by atoms with Crippen LogP contribution in [0.4, 0.5) is 0 Å².